The molecule has 1 saturated heterocycles. The topological polar surface area (TPSA) is 55.6 Å². The van der Waals surface area contributed by atoms with Crippen molar-refractivity contribution in [3.63, 3.8) is 0 Å². The molecule has 0 saturated carbocycles. The van der Waals surface area contributed by atoms with Gasteiger partial charge in [-0.25, -0.2) is 4.79 Å². The second kappa shape index (κ2) is 4.30. The summed E-state index contributed by atoms with van der Waals surface area (Å²) in [5.74, 6) is 0.469. The number of hydrogen-bond acceptors (Lipinski definition) is 2. The molecule has 0 aliphatic carbocycles. The minimum atomic E-state index is -0.361. The summed E-state index contributed by atoms with van der Waals surface area (Å²) >= 11 is 0. The summed E-state index contributed by atoms with van der Waals surface area (Å²) in [5.41, 5.74) is 5.10. The van der Waals surface area contributed by atoms with Crippen molar-refractivity contribution in [3.05, 3.63) is 0 Å². The minimum absolute atomic E-state index is 0.361. The Labute approximate surface area is 72.7 Å². The van der Waals surface area contributed by atoms with E-state index < -0.39 is 0 Å². The van der Waals surface area contributed by atoms with Crippen molar-refractivity contribution in [2.24, 2.45) is 11.7 Å². The van der Waals surface area contributed by atoms with Gasteiger partial charge in [-0.05, 0) is 12.8 Å². The predicted octanol–water partition coefficient (Wildman–Crippen LogP) is 0.424. The van der Waals surface area contributed by atoms with Crippen molar-refractivity contribution in [1.29, 1.82) is 0 Å². The molecule has 1 unspecified atom stereocenters. The number of nitrogens with two attached hydrogens (primary N) is 1. The number of carbonyl (C=O) groups excluding carboxylic acids is 1. The van der Waals surface area contributed by atoms with Crippen LogP contribution in [0.3, 0.4) is 0 Å². The molecular weight excluding hydrogens is 156 g/mol. The van der Waals surface area contributed by atoms with Crippen molar-refractivity contribution in [2.75, 3.05) is 26.8 Å². The Bertz CT molecular complexity index is 155. The smallest absolute Gasteiger partial charge is 0.314 e. The van der Waals surface area contributed by atoms with Gasteiger partial charge in [-0.1, -0.05) is 0 Å². The lowest BCUT2D eigenvalue weighted by Gasteiger charge is -2.25. The highest BCUT2D eigenvalue weighted by Gasteiger charge is 2.16. The second-order valence-electron chi connectivity index (χ2n) is 3.30. The molecule has 4 heteroatoms. The summed E-state index contributed by atoms with van der Waals surface area (Å²) in [5, 5.41) is 0. The first kappa shape index (κ1) is 9.32. The van der Waals surface area contributed by atoms with Crippen LogP contribution in [-0.2, 0) is 4.74 Å². The number of urea groups is 1. The molecule has 1 heterocycles. The molecule has 4 nitrogen and oxygen atoms in total. The third-order valence-corrected chi connectivity index (χ3v) is 2.16. The van der Waals surface area contributed by atoms with Crippen molar-refractivity contribution in [3.8, 4) is 0 Å². The summed E-state index contributed by atoms with van der Waals surface area (Å²) in [4.78, 5) is 12.2. The van der Waals surface area contributed by atoms with Gasteiger partial charge in [0.25, 0.3) is 0 Å². The molecule has 0 radical (unpaired) electrons. The van der Waals surface area contributed by atoms with Gasteiger partial charge in [-0.3, -0.25) is 0 Å². The van der Waals surface area contributed by atoms with Gasteiger partial charge in [-0.15, -0.1) is 0 Å². The summed E-state index contributed by atoms with van der Waals surface area (Å²) < 4.78 is 5.28. The monoisotopic (exact) mass is 172 g/mol. The Balaban J connectivity index is 2.24. The normalized spacial score (nSPS) is 23.6. The SMILES string of the molecule is CN(CC1CCCOC1)C(N)=O. The highest BCUT2D eigenvalue weighted by molar-refractivity contribution is 5.71. The number of primary amides is 1. The van der Waals surface area contributed by atoms with Crippen molar-refractivity contribution < 1.29 is 9.53 Å². The molecule has 1 atom stereocenters. The van der Waals surface area contributed by atoms with Gasteiger partial charge in [0.05, 0.1) is 6.61 Å². The largest absolute Gasteiger partial charge is 0.381 e. The second-order valence-corrected chi connectivity index (χ2v) is 3.30. The van der Waals surface area contributed by atoms with E-state index in [0.717, 1.165) is 32.6 Å². The summed E-state index contributed by atoms with van der Waals surface area (Å²) in [6.45, 7) is 2.34. The molecule has 1 rings (SSSR count). The zero-order chi connectivity index (χ0) is 8.97. The molecule has 1 fully saturated rings. The van der Waals surface area contributed by atoms with Crippen molar-refractivity contribution in [1.82, 2.24) is 4.90 Å². The maximum absolute atomic E-state index is 10.7. The Hall–Kier alpha value is -0.770. The Morgan fingerprint density at radius 3 is 3.00 bits per heavy atom. The minimum Gasteiger partial charge on any atom is -0.381 e. The van der Waals surface area contributed by atoms with Crippen molar-refractivity contribution in [2.45, 2.75) is 12.8 Å². The Morgan fingerprint density at radius 2 is 2.50 bits per heavy atom. The third kappa shape index (κ3) is 2.70. The molecule has 12 heavy (non-hydrogen) atoms. The Kier molecular flexibility index (Phi) is 3.34. The summed E-state index contributed by atoms with van der Waals surface area (Å²) in [6.07, 6.45) is 2.23. The van der Waals surface area contributed by atoms with E-state index in [9.17, 15) is 4.79 Å². The fourth-order valence-electron chi connectivity index (χ4n) is 1.43. The fourth-order valence-corrected chi connectivity index (χ4v) is 1.43. The maximum atomic E-state index is 10.7. The number of rotatable bonds is 2. The maximum Gasteiger partial charge on any atom is 0.314 e. The number of carbonyl (C=O) groups is 1. The van der Waals surface area contributed by atoms with Gasteiger partial charge in [-0.2, -0.15) is 0 Å². The van der Waals surface area contributed by atoms with E-state index in [0.29, 0.717) is 5.92 Å². The average Bonchev–Trinajstić information content (AvgIpc) is 2.06. The Morgan fingerprint density at radius 1 is 1.75 bits per heavy atom. The van der Waals surface area contributed by atoms with E-state index >= 15 is 0 Å². The number of nitrogens with zero attached hydrogens (tertiary/aromatic N) is 1. The van der Waals surface area contributed by atoms with Crippen LogP contribution in [0.2, 0.25) is 0 Å². The van der Waals surface area contributed by atoms with Crippen LogP contribution < -0.4 is 5.73 Å². The van der Waals surface area contributed by atoms with E-state index in [1.807, 2.05) is 0 Å². The molecule has 2 amide bonds. The van der Waals surface area contributed by atoms with Crippen molar-refractivity contribution >= 4 is 6.03 Å². The lowest BCUT2D eigenvalue weighted by Crippen LogP contribution is -2.38. The molecule has 1 aliphatic heterocycles. The molecule has 2 N–H and O–H groups in total. The van der Waals surface area contributed by atoms with Crippen LogP contribution in [0.5, 0.6) is 0 Å². The predicted molar refractivity (Wildman–Crippen MR) is 45.8 cm³/mol. The standard InChI is InChI=1S/C8H16N2O2/c1-10(8(9)11)5-7-3-2-4-12-6-7/h7H,2-6H2,1H3,(H2,9,11). The fraction of sp³-hybridized carbons (Fsp3) is 0.875. The van der Waals surface area contributed by atoms with E-state index in [-0.39, 0.29) is 6.03 Å². The first-order valence-electron chi connectivity index (χ1n) is 4.28. The zero-order valence-electron chi connectivity index (χ0n) is 7.45. The lowest BCUT2D eigenvalue weighted by molar-refractivity contribution is 0.0462. The molecule has 0 spiro atoms. The molecule has 1 aliphatic rings. The van der Waals surface area contributed by atoms with Crippen LogP contribution in [0, 0.1) is 5.92 Å². The zero-order valence-corrected chi connectivity index (χ0v) is 7.45. The first-order chi connectivity index (χ1) is 5.70. The molecule has 0 aromatic carbocycles. The number of hydrogen-bond donors (Lipinski definition) is 1. The first-order valence-corrected chi connectivity index (χ1v) is 4.28. The van der Waals surface area contributed by atoms with E-state index in [1.165, 1.54) is 0 Å². The van der Waals surface area contributed by atoms with Crippen LogP contribution in [-0.4, -0.2) is 37.7 Å². The van der Waals surface area contributed by atoms with Gasteiger partial charge in [0, 0.05) is 26.1 Å². The highest BCUT2D eigenvalue weighted by Crippen LogP contribution is 2.13. The van der Waals surface area contributed by atoms with Gasteiger partial charge < -0.3 is 15.4 Å². The highest BCUT2D eigenvalue weighted by atomic mass is 16.5. The quantitative estimate of drug-likeness (QED) is 0.656. The number of ether oxygens (including phenoxy) is 1. The average molecular weight is 172 g/mol. The van der Waals surface area contributed by atoms with Gasteiger partial charge in [0.2, 0.25) is 0 Å². The van der Waals surface area contributed by atoms with E-state index in [4.69, 9.17) is 10.5 Å². The van der Waals surface area contributed by atoms with Gasteiger partial charge in [0.1, 0.15) is 0 Å². The molecule has 0 aromatic heterocycles. The molecule has 0 bridgehead atoms. The third-order valence-electron chi connectivity index (χ3n) is 2.16. The number of amides is 2. The lowest BCUT2D eigenvalue weighted by atomic mass is 10.0. The summed E-state index contributed by atoms with van der Waals surface area (Å²) in [7, 11) is 1.72. The van der Waals surface area contributed by atoms with Crippen LogP contribution >= 0.6 is 0 Å². The summed E-state index contributed by atoms with van der Waals surface area (Å²) in [6, 6.07) is -0.361. The van der Waals surface area contributed by atoms with Crippen LogP contribution in [0.25, 0.3) is 0 Å². The van der Waals surface area contributed by atoms with Crippen LogP contribution in [0.15, 0.2) is 0 Å². The van der Waals surface area contributed by atoms with Gasteiger partial charge in [0.15, 0.2) is 0 Å². The molecule has 70 valence electrons. The molecular formula is C8H16N2O2. The van der Waals surface area contributed by atoms with Crippen LogP contribution in [0.4, 0.5) is 4.79 Å². The van der Waals surface area contributed by atoms with E-state index in [2.05, 4.69) is 0 Å². The van der Waals surface area contributed by atoms with E-state index in [1.54, 1.807) is 11.9 Å². The van der Waals surface area contributed by atoms with Gasteiger partial charge >= 0.3 is 6.03 Å². The molecule has 0 aromatic rings. The van der Waals surface area contributed by atoms with Crippen LogP contribution in [0.1, 0.15) is 12.8 Å².